The lowest BCUT2D eigenvalue weighted by molar-refractivity contribution is -0.147. The summed E-state index contributed by atoms with van der Waals surface area (Å²) < 4.78 is 16.5. The van der Waals surface area contributed by atoms with E-state index in [4.69, 9.17) is 14.2 Å². The predicted molar refractivity (Wildman–Crippen MR) is 130 cm³/mol. The first kappa shape index (κ1) is 25.0. The summed E-state index contributed by atoms with van der Waals surface area (Å²) in [6.45, 7) is 1.56. The molecule has 0 radical (unpaired) electrons. The maximum atomic E-state index is 13.4. The summed E-state index contributed by atoms with van der Waals surface area (Å²) in [5.41, 5.74) is 1.04. The lowest BCUT2D eigenvalue weighted by atomic mass is 10.1. The number of likely N-dealkylation sites (tertiary alicyclic amines) is 2. The molecule has 2 amide bonds. The minimum Gasteiger partial charge on any atom is -0.497 e. The third kappa shape index (κ3) is 6.32. The predicted octanol–water partition coefficient (Wildman–Crippen LogP) is 2.63. The zero-order valence-electron chi connectivity index (χ0n) is 20.2. The number of hydrogen-bond acceptors (Lipinski definition) is 6. The van der Waals surface area contributed by atoms with Gasteiger partial charge in [-0.2, -0.15) is 0 Å². The Bertz CT molecular complexity index is 967. The van der Waals surface area contributed by atoms with Crippen LogP contribution in [-0.4, -0.2) is 78.3 Å². The highest BCUT2D eigenvalue weighted by Gasteiger charge is 2.41. The minimum atomic E-state index is -0.769. The Morgan fingerprint density at radius 2 is 1.66 bits per heavy atom. The van der Waals surface area contributed by atoms with E-state index in [9.17, 15) is 14.7 Å². The van der Waals surface area contributed by atoms with Crippen molar-refractivity contribution in [2.45, 2.75) is 50.5 Å². The molecule has 1 unspecified atom stereocenters. The Morgan fingerprint density at radius 3 is 2.40 bits per heavy atom. The van der Waals surface area contributed by atoms with E-state index in [1.807, 2.05) is 30.3 Å². The summed E-state index contributed by atoms with van der Waals surface area (Å²) in [4.78, 5) is 29.7. The van der Waals surface area contributed by atoms with Crippen molar-refractivity contribution in [1.82, 2.24) is 9.80 Å². The molecule has 0 bridgehead atoms. The number of carbonyl (C=O) groups excluding carboxylic acids is 2. The summed E-state index contributed by atoms with van der Waals surface area (Å²) in [6, 6.07) is 16.0. The van der Waals surface area contributed by atoms with Crippen LogP contribution in [0.2, 0.25) is 0 Å². The molecule has 2 saturated heterocycles. The van der Waals surface area contributed by atoms with Crippen molar-refractivity contribution in [3.8, 4) is 11.5 Å². The van der Waals surface area contributed by atoms with Crippen LogP contribution >= 0.6 is 0 Å². The van der Waals surface area contributed by atoms with E-state index in [2.05, 4.69) is 0 Å². The van der Waals surface area contributed by atoms with E-state index >= 15 is 0 Å². The van der Waals surface area contributed by atoms with Crippen LogP contribution in [0.1, 0.15) is 31.2 Å². The second-order valence-corrected chi connectivity index (χ2v) is 9.02. The number of amides is 2. The average Bonchev–Trinajstić information content (AvgIpc) is 3.58. The fourth-order valence-corrected chi connectivity index (χ4v) is 4.86. The molecule has 2 aliphatic heterocycles. The molecule has 4 rings (SSSR count). The van der Waals surface area contributed by atoms with Gasteiger partial charge in [-0.1, -0.05) is 30.3 Å². The van der Waals surface area contributed by atoms with Gasteiger partial charge in [-0.05, 0) is 55.5 Å². The zero-order chi connectivity index (χ0) is 24.6. The SMILES string of the molecule is COc1ccc(OCC(=O)N2CCC[C@H]2C(=O)N2CCCC2[C@H](O)COCc2ccccc2)cc1. The molecule has 2 aromatic rings. The molecule has 1 N–H and O–H groups in total. The van der Waals surface area contributed by atoms with Crippen molar-refractivity contribution in [3.05, 3.63) is 60.2 Å². The van der Waals surface area contributed by atoms with Gasteiger partial charge in [0.05, 0.1) is 32.5 Å². The van der Waals surface area contributed by atoms with Crippen molar-refractivity contribution < 1.29 is 28.9 Å². The summed E-state index contributed by atoms with van der Waals surface area (Å²) in [6.07, 6.45) is 2.17. The minimum absolute atomic E-state index is 0.0927. The molecule has 35 heavy (non-hydrogen) atoms. The van der Waals surface area contributed by atoms with Crippen LogP contribution in [0, 0.1) is 0 Å². The molecule has 8 nitrogen and oxygen atoms in total. The van der Waals surface area contributed by atoms with E-state index < -0.39 is 12.1 Å². The van der Waals surface area contributed by atoms with Gasteiger partial charge in [0.25, 0.3) is 5.91 Å². The van der Waals surface area contributed by atoms with Crippen LogP contribution in [0.15, 0.2) is 54.6 Å². The number of nitrogens with zero attached hydrogens (tertiary/aromatic N) is 2. The van der Waals surface area contributed by atoms with E-state index in [0.29, 0.717) is 37.6 Å². The number of ether oxygens (including phenoxy) is 3. The standard InChI is InChI=1S/C27H34N2O6/c1-33-21-11-13-22(14-12-21)35-19-26(31)28-15-6-10-24(28)27(32)29-16-5-9-23(29)25(30)18-34-17-20-7-3-2-4-8-20/h2-4,7-8,11-14,23-25,30H,5-6,9-10,15-19H2,1H3/t23?,24-,25+/m0/s1. The number of methoxy groups -OCH3 is 1. The van der Waals surface area contributed by atoms with Crippen LogP contribution in [0.3, 0.4) is 0 Å². The molecule has 0 aliphatic carbocycles. The Labute approximate surface area is 206 Å². The first-order valence-corrected chi connectivity index (χ1v) is 12.2. The fraction of sp³-hybridized carbons (Fsp3) is 0.481. The molecule has 3 atom stereocenters. The third-order valence-corrected chi connectivity index (χ3v) is 6.71. The second kappa shape index (κ2) is 12.0. The first-order valence-electron chi connectivity index (χ1n) is 12.2. The van der Waals surface area contributed by atoms with Gasteiger partial charge in [0.2, 0.25) is 5.91 Å². The molecule has 2 heterocycles. The number of aliphatic hydroxyl groups excluding tert-OH is 1. The van der Waals surface area contributed by atoms with Gasteiger partial charge >= 0.3 is 0 Å². The highest BCUT2D eigenvalue weighted by molar-refractivity contribution is 5.89. The molecule has 2 aromatic carbocycles. The molecule has 2 aliphatic rings. The summed E-state index contributed by atoms with van der Waals surface area (Å²) in [5, 5.41) is 10.8. The Morgan fingerprint density at radius 1 is 0.971 bits per heavy atom. The van der Waals surface area contributed by atoms with Crippen LogP contribution in [-0.2, 0) is 20.9 Å². The topological polar surface area (TPSA) is 88.5 Å². The Kier molecular flexibility index (Phi) is 8.60. The molecule has 188 valence electrons. The van der Waals surface area contributed by atoms with Crippen molar-refractivity contribution in [1.29, 1.82) is 0 Å². The molecule has 0 aromatic heterocycles. The molecule has 8 heteroatoms. The van der Waals surface area contributed by atoms with Crippen LogP contribution < -0.4 is 9.47 Å². The molecular formula is C27H34N2O6. The largest absolute Gasteiger partial charge is 0.497 e. The van der Waals surface area contributed by atoms with E-state index in [-0.39, 0.29) is 31.1 Å². The van der Waals surface area contributed by atoms with Gasteiger partial charge < -0.3 is 29.1 Å². The normalized spacial score (nSPS) is 20.6. The van der Waals surface area contributed by atoms with Gasteiger partial charge in [0.1, 0.15) is 17.5 Å². The second-order valence-electron chi connectivity index (χ2n) is 9.02. The van der Waals surface area contributed by atoms with Gasteiger partial charge in [-0.3, -0.25) is 9.59 Å². The maximum Gasteiger partial charge on any atom is 0.261 e. The van der Waals surface area contributed by atoms with Gasteiger partial charge in [-0.15, -0.1) is 0 Å². The summed E-state index contributed by atoms with van der Waals surface area (Å²) in [5.74, 6) is 0.977. The maximum absolute atomic E-state index is 13.4. The van der Waals surface area contributed by atoms with Crippen molar-refractivity contribution in [2.24, 2.45) is 0 Å². The third-order valence-electron chi connectivity index (χ3n) is 6.71. The zero-order valence-corrected chi connectivity index (χ0v) is 20.2. The molecule has 0 spiro atoms. The molecule has 0 saturated carbocycles. The molecule has 2 fully saturated rings. The van der Waals surface area contributed by atoms with Crippen molar-refractivity contribution in [3.63, 3.8) is 0 Å². The number of rotatable bonds is 10. The van der Waals surface area contributed by atoms with E-state index in [0.717, 1.165) is 24.8 Å². The van der Waals surface area contributed by atoms with Crippen LogP contribution in [0.5, 0.6) is 11.5 Å². The average molecular weight is 483 g/mol. The number of aliphatic hydroxyl groups is 1. The number of hydrogen-bond donors (Lipinski definition) is 1. The lowest BCUT2D eigenvalue weighted by Crippen LogP contribution is -2.53. The van der Waals surface area contributed by atoms with Gasteiger partial charge in [0, 0.05) is 13.1 Å². The van der Waals surface area contributed by atoms with Crippen molar-refractivity contribution >= 4 is 11.8 Å². The highest BCUT2D eigenvalue weighted by Crippen LogP contribution is 2.27. The summed E-state index contributed by atoms with van der Waals surface area (Å²) in [7, 11) is 1.59. The molecular weight excluding hydrogens is 448 g/mol. The Hall–Kier alpha value is -3.10. The van der Waals surface area contributed by atoms with Gasteiger partial charge in [0.15, 0.2) is 6.61 Å². The van der Waals surface area contributed by atoms with Crippen molar-refractivity contribution in [2.75, 3.05) is 33.4 Å². The van der Waals surface area contributed by atoms with E-state index in [1.165, 1.54) is 0 Å². The lowest BCUT2D eigenvalue weighted by Gasteiger charge is -2.33. The monoisotopic (exact) mass is 482 g/mol. The van der Waals surface area contributed by atoms with Crippen LogP contribution in [0.25, 0.3) is 0 Å². The summed E-state index contributed by atoms with van der Waals surface area (Å²) >= 11 is 0. The number of benzene rings is 2. The van der Waals surface area contributed by atoms with Crippen LogP contribution in [0.4, 0.5) is 0 Å². The quantitative estimate of drug-likeness (QED) is 0.560. The van der Waals surface area contributed by atoms with Gasteiger partial charge in [-0.25, -0.2) is 0 Å². The Balaban J connectivity index is 1.30. The van der Waals surface area contributed by atoms with E-state index in [1.54, 1.807) is 41.2 Å². The fourth-order valence-electron chi connectivity index (χ4n) is 4.86. The smallest absolute Gasteiger partial charge is 0.261 e. The number of carbonyl (C=O) groups is 2. The first-order chi connectivity index (χ1) is 17.1. The highest BCUT2D eigenvalue weighted by atomic mass is 16.5.